The van der Waals surface area contributed by atoms with Crippen LogP contribution in [0.1, 0.15) is 37.9 Å². The summed E-state index contributed by atoms with van der Waals surface area (Å²) >= 11 is 6.08. The summed E-state index contributed by atoms with van der Waals surface area (Å²) in [6, 6.07) is 6.45. The summed E-state index contributed by atoms with van der Waals surface area (Å²) in [6.07, 6.45) is 2.23. The topological polar surface area (TPSA) is 12.0 Å². The van der Waals surface area contributed by atoms with Crippen LogP contribution in [-0.4, -0.2) is 6.54 Å². The molecule has 0 saturated heterocycles. The number of halogens is 1. The lowest BCUT2D eigenvalue weighted by molar-refractivity contribution is 0.644. The fourth-order valence-corrected chi connectivity index (χ4v) is 2.07. The maximum atomic E-state index is 6.08. The van der Waals surface area contributed by atoms with Gasteiger partial charge in [0.2, 0.25) is 0 Å². The van der Waals surface area contributed by atoms with Gasteiger partial charge in [0.1, 0.15) is 0 Å². The molecule has 0 aliphatic carbocycles. The number of rotatable bonds is 4. The van der Waals surface area contributed by atoms with Crippen LogP contribution < -0.4 is 5.32 Å². The SMILES string of the molecule is CCNC(C=C(C)C)c1cc(C)cc(Cl)c1. The first-order valence-electron chi connectivity index (χ1n) is 5.68. The summed E-state index contributed by atoms with van der Waals surface area (Å²) in [5, 5.41) is 4.26. The van der Waals surface area contributed by atoms with Crippen molar-refractivity contribution >= 4 is 11.6 Å². The highest BCUT2D eigenvalue weighted by Gasteiger charge is 2.08. The zero-order chi connectivity index (χ0) is 12.1. The molecule has 1 aromatic rings. The van der Waals surface area contributed by atoms with Crippen LogP contribution in [0.4, 0.5) is 0 Å². The Labute approximate surface area is 104 Å². The van der Waals surface area contributed by atoms with Crippen LogP contribution in [0.15, 0.2) is 29.8 Å². The highest BCUT2D eigenvalue weighted by Crippen LogP contribution is 2.22. The lowest BCUT2D eigenvalue weighted by Crippen LogP contribution is -2.19. The number of hydrogen-bond donors (Lipinski definition) is 1. The second-order valence-electron chi connectivity index (χ2n) is 4.34. The number of hydrogen-bond acceptors (Lipinski definition) is 1. The van der Waals surface area contributed by atoms with E-state index in [1.807, 2.05) is 12.1 Å². The van der Waals surface area contributed by atoms with Crippen molar-refractivity contribution in [3.8, 4) is 0 Å². The van der Waals surface area contributed by atoms with E-state index in [-0.39, 0.29) is 6.04 Å². The summed E-state index contributed by atoms with van der Waals surface area (Å²) in [5.41, 5.74) is 3.74. The second-order valence-corrected chi connectivity index (χ2v) is 4.78. The molecule has 88 valence electrons. The van der Waals surface area contributed by atoms with Crippen molar-refractivity contribution < 1.29 is 0 Å². The smallest absolute Gasteiger partial charge is 0.0509 e. The van der Waals surface area contributed by atoms with E-state index in [1.165, 1.54) is 16.7 Å². The summed E-state index contributed by atoms with van der Waals surface area (Å²) < 4.78 is 0. The molecule has 1 aromatic carbocycles. The van der Waals surface area contributed by atoms with E-state index in [1.54, 1.807) is 0 Å². The van der Waals surface area contributed by atoms with Crippen molar-refractivity contribution in [2.45, 2.75) is 33.7 Å². The van der Waals surface area contributed by atoms with Crippen molar-refractivity contribution in [3.63, 3.8) is 0 Å². The minimum absolute atomic E-state index is 0.257. The first-order chi connectivity index (χ1) is 7.52. The molecule has 0 aliphatic rings. The largest absolute Gasteiger partial charge is 0.307 e. The molecule has 0 bridgehead atoms. The number of nitrogens with one attached hydrogen (secondary N) is 1. The van der Waals surface area contributed by atoms with Gasteiger partial charge in [0.05, 0.1) is 6.04 Å². The van der Waals surface area contributed by atoms with Gasteiger partial charge in [-0.2, -0.15) is 0 Å². The van der Waals surface area contributed by atoms with Gasteiger partial charge in [-0.25, -0.2) is 0 Å². The van der Waals surface area contributed by atoms with Crippen LogP contribution in [0, 0.1) is 6.92 Å². The van der Waals surface area contributed by atoms with Crippen LogP contribution in [0.2, 0.25) is 5.02 Å². The lowest BCUT2D eigenvalue weighted by atomic mass is 10.0. The van der Waals surface area contributed by atoms with Crippen LogP contribution in [0.3, 0.4) is 0 Å². The lowest BCUT2D eigenvalue weighted by Gasteiger charge is -2.16. The molecule has 1 atom stereocenters. The van der Waals surface area contributed by atoms with E-state index in [4.69, 9.17) is 11.6 Å². The van der Waals surface area contributed by atoms with Gasteiger partial charge in [0.25, 0.3) is 0 Å². The van der Waals surface area contributed by atoms with Crippen molar-refractivity contribution in [1.82, 2.24) is 5.32 Å². The van der Waals surface area contributed by atoms with Gasteiger partial charge in [-0.1, -0.05) is 36.2 Å². The van der Waals surface area contributed by atoms with E-state index in [0.29, 0.717) is 0 Å². The molecule has 1 rings (SSSR count). The average molecular weight is 238 g/mol. The summed E-state index contributed by atoms with van der Waals surface area (Å²) in [6.45, 7) is 9.35. The van der Waals surface area contributed by atoms with Gasteiger partial charge in [0.15, 0.2) is 0 Å². The Morgan fingerprint density at radius 1 is 1.38 bits per heavy atom. The molecule has 16 heavy (non-hydrogen) atoms. The normalized spacial score (nSPS) is 12.3. The quantitative estimate of drug-likeness (QED) is 0.772. The predicted octanol–water partition coefficient (Wildman–Crippen LogP) is 4.27. The van der Waals surface area contributed by atoms with Crippen molar-refractivity contribution in [2.75, 3.05) is 6.54 Å². The molecular weight excluding hydrogens is 218 g/mol. The zero-order valence-electron chi connectivity index (χ0n) is 10.5. The van der Waals surface area contributed by atoms with Crippen LogP contribution >= 0.6 is 11.6 Å². The molecule has 0 fully saturated rings. The molecule has 1 N–H and O–H groups in total. The second kappa shape index (κ2) is 6.07. The summed E-state index contributed by atoms with van der Waals surface area (Å²) in [7, 11) is 0. The minimum atomic E-state index is 0.257. The molecule has 0 radical (unpaired) electrons. The van der Waals surface area contributed by atoms with E-state index >= 15 is 0 Å². The van der Waals surface area contributed by atoms with Crippen LogP contribution in [0.25, 0.3) is 0 Å². The maximum absolute atomic E-state index is 6.08. The summed E-state index contributed by atoms with van der Waals surface area (Å²) in [4.78, 5) is 0. The van der Waals surface area contributed by atoms with Crippen molar-refractivity contribution in [1.29, 1.82) is 0 Å². The minimum Gasteiger partial charge on any atom is -0.307 e. The Morgan fingerprint density at radius 3 is 2.56 bits per heavy atom. The Bertz CT molecular complexity index is 358. The number of benzene rings is 1. The molecule has 1 unspecified atom stereocenters. The molecule has 2 heteroatoms. The van der Waals surface area contributed by atoms with E-state index < -0.39 is 0 Å². The molecule has 0 aromatic heterocycles. The van der Waals surface area contributed by atoms with Gasteiger partial charge in [0, 0.05) is 5.02 Å². The molecular formula is C14H20ClN. The highest BCUT2D eigenvalue weighted by atomic mass is 35.5. The van der Waals surface area contributed by atoms with Gasteiger partial charge in [-0.3, -0.25) is 0 Å². The third kappa shape index (κ3) is 3.99. The van der Waals surface area contributed by atoms with Gasteiger partial charge in [-0.05, 0) is 50.6 Å². The average Bonchev–Trinajstić information content (AvgIpc) is 2.14. The summed E-state index contributed by atoms with van der Waals surface area (Å²) in [5.74, 6) is 0. The standard InChI is InChI=1S/C14H20ClN/c1-5-16-14(6-10(2)3)12-7-11(4)8-13(15)9-12/h6-9,14,16H,5H2,1-4H3. The number of aryl methyl sites for hydroxylation is 1. The van der Waals surface area contributed by atoms with Crippen molar-refractivity contribution in [3.05, 3.63) is 46.0 Å². The van der Waals surface area contributed by atoms with E-state index in [2.05, 4.69) is 45.2 Å². The van der Waals surface area contributed by atoms with E-state index in [9.17, 15) is 0 Å². The first kappa shape index (κ1) is 13.3. The van der Waals surface area contributed by atoms with Crippen LogP contribution in [0.5, 0.6) is 0 Å². The third-order valence-corrected chi connectivity index (χ3v) is 2.57. The van der Waals surface area contributed by atoms with Gasteiger partial charge in [-0.15, -0.1) is 0 Å². The van der Waals surface area contributed by atoms with Crippen LogP contribution in [-0.2, 0) is 0 Å². The van der Waals surface area contributed by atoms with Gasteiger partial charge >= 0.3 is 0 Å². The highest BCUT2D eigenvalue weighted by molar-refractivity contribution is 6.30. The number of likely N-dealkylation sites (N-methyl/N-ethyl adjacent to an activating group) is 1. The predicted molar refractivity (Wildman–Crippen MR) is 72.0 cm³/mol. The molecule has 0 spiro atoms. The Kier molecular flexibility index (Phi) is 5.04. The molecule has 0 aliphatic heterocycles. The first-order valence-corrected chi connectivity index (χ1v) is 6.06. The molecule has 1 nitrogen and oxygen atoms in total. The maximum Gasteiger partial charge on any atom is 0.0509 e. The number of allylic oxidation sites excluding steroid dienone is 1. The molecule has 0 amide bonds. The fraction of sp³-hybridized carbons (Fsp3) is 0.429. The third-order valence-electron chi connectivity index (χ3n) is 2.35. The Balaban J connectivity index is 3.05. The van der Waals surface area contributed by atoms with Crippen molar-refractivity contribution in [2.24, 2.45) is 0 Å². The van der Waals surface area contributed by atoms with Gasteiger partial charge < -0.3 is 5.32 Å². The molecule has 0 heterocycles. The monoisotopic (exact) mass is 237 g/mol. The fourth-order valence-electron chi connectivity index (χ4n) is 1.77. The Morgan fingerprint density at radius 2 is 2.06 bits per heavy atom. The zero-order valence-corrected chi connectivity index (χ0v) is 11.2. The Hall–Kier alpha value is -0.790. The molecule has 0 saturated carbocycles. The van der Waals surface area contributed by atoms with E-state index in [0.717, 1.165) is 11.6 Å².